The van der Waals surface area contributed by atoms with E-state index in [4.69, 9.17) is 9.47 Å². The number of aromatic nitrogens is 1. The molecule has 7 atom stereocenters. The summed E-state index contributed by atoms with van der Waals surface area (Å²) in [7, 11) is -2.68. The molecular formula is C36H46FN5O9S. The molecule has 1 aromatic heterocycles. The van der Waals surface area contributed by atoms with Gasteiger partial charge in [0.2, 0.25) is 27.7 Å². The molecule has 0 unspecified atom stereocenters. The number of hydrogen-bond donors (Lipinski definition) is 4. The number of methoxy groups -OCH3 is 1. The lowest BCUT2D eigenvalue weighted by Crippen LogP contribution is -2.59. The smallest absolute Gasteiger partial charge is 0.405 e. The van der Waals surface area contributed by atoms with Crippen LogP contribution in [-0.2, 0) is 24.4 Å². The molecule has 4 N–H and O–H groups in total. The number of ether oxygens (including phenoxy) is 2. The Morgan fingerprint density at radius 2 is 1.96 bits per heavy atom. The first-order chi connectivity index (χ1) is 24.6. The number of hydrogen-bond acceptors (Lipinski definition) is 9. The summed E-state index contributed by atoms with van der Waals surface area (Å²) in [5, 5.41) is 16.0. The molecule has 4 amide bonds. The fraction of sp³-hybridized carbons (Fsp3) is 0.583. The molecule has 6 rings (SSSR count). The van der Waals surface area contributed by atoms with Crippen molar-refractivity contribution in [3.8, 4) is 11.6 Å². The lowest BCUT2D eigenvalue weighted by Gasteiger charge is -2.33. The first-order valence-corrected chi connectivity index (χ1v) is 19.2. The van der Waals surface area contributed by atoms with Gasteiger partial charge in [0, 0.05) is 23.9 Å². The van der Waals surface area contributed by atoms with Crippen LogP contribution in [-0.4, -0.2) is 89.4 Å². The zero-order valence-corrected chi connectivity index (χ0v) is 30.5. The van der Waals surface area contributed by atoms with Crippen molar-refractivity contribution in [1.82, 2.24) is 25.2 Å². The van der Waals surface area contributed by atoms with Gasteiger partial charge in [-0.1, -0.05) is 32.4 Å². The molecule has 0 bridgehead atoms. The predicted molar refractivity (Wildman–Crippen MR) is 187 cm³/mol. The van der Waals surface area contributed by atoms with Crippen LogP contribution < -0.4 is 24.8 Å². The molecule has 282 valence electrons. The van der Waals surface area contributed by atoms with Crippen LogP contribution in [0.5, 0.6) is 11.6 Å². The number of nitrogens with zero attached hydrogens (tertiary/aromatic N) is 2. The second-order valence-corrected chi connectivity index (χ2v) is 17.1. The Labute approximate surface area is 301 Å². The van der Waals surface area contributed by atoms with E-state index in [9.17, 15) is 37.1 Å². The van der Waals surface area contributed by atoms with E-state index in [1.165, 1.54) is 30.3 Å². The Hall–Kier alpha value is -4.47. The molecule has 3 fully saturated rings. The molecular weight excluding hydrogens is 697 g/mol. The van der Waals surface area contributed by atoms with Crippen molar-refractivity contribution in [3.05, 3.63) is 42.4 Å². The number of fused-ring (bicyclic) bond motifs is 3. The summed E-state index contributed by atoms with van der Waals surface area (Å²) in [4.78, 5) is 60.2. The quantitative estimate of drug-likeness (QED) is 0.290. The summed E-state index contributed by atoms with van der Waals surface area (Å²) < 4.78 is 53.5. The molecule has 14 nitrogen and oxygen atoms in total. The van der Waals surface area contributed by atoms with Crippen LogP contribution in [0.1, 0.15) is 72.1 Å². The number of carbonyl (C=O) groups excluding carboxylic acids is 3. The zero-order chi connectivity index (χ0) is 37.6. The van der Waals surface area contributed by atoms with Gasteiger partial charge in [-0.3, -0.25) is 19.1 Å². The first-order valence-electron chi connectivity index (χ1n) is 17.8. The first kappa shape index (κ1) is 37.3. The molecule has 4 aliphatic rings. The van der Waals surface area contributed by atoms with Crippen molar-refractivity contribution in [2.24, 2.45) is 17.8 Å². The van der Waals surface area contributed by atoms with Crippen LogP contribution in [0.3, 0.4) is 0 Å². The third-order valence-corrected chi connectivity index (χ3v) is 13.3. The highest BCUT2D eigenvalue weighted by molar-refractivity contribution is 7.91. The number of carboxylic acid groups (broad SMARTS) is 1. The van der Waals surface area contributed by atoms with Crippen molar-refractivity contribution in [1.29, 1.82) is 0 Å². The third-order valence-electron chi connectivity index (χ3n) is 11.2. The minimum absolute atomic E-state index is 0.0284. The van der Waals surface area contributed by atoms with E-state index in [2.05, 4.69) is 20.3 Å². The average Bonchev–Trinajstić information content (AvgIpc) is 3.97. The summed E-state index contributed by atoms with van der Waals surface area (Å²) in [6.45, 7) is 5.32. The van der Waals surface area contributed by atoms with Gasteiger partial charge < -0.3 is 30.1 Å². The highest BCUT2D eigenvalue weighted by Crippen LogP contribution is 2.47. The van der Waals surface area contributed by atoms with Crippen molar-refractivity contribution < 1.29 is 46.6 Å². The van der Waals surface area contributed by atoms with Crippen LogP contribution in [0, 0.1) is 23.6 Å². The summed E-state index contributed by atoms with van der Waals surface area (Å²) in [6, 6.07) is 1.96. The van der Waals surface area contributed by atoms with E-state index in [-0.39, 0.29) is 36.9 Å². The van der Waals surface area contributed by atoms with Gasteiger partial charge in [-0.05, 0) is 80.9 Å². The largest absolute Gasteiger partial charge is 0.494 e. The predicted octanol–water partition coefficient (Wildman–Crippen LogP) is 3.64. The maximum atomic E-state index is 14.8. The van der Waals surface area contributed by atoms with Crippen molar-refractivity contribution >= 4 is 44.6 Å². The van der Waals surface area contributed by atoms with Crippen LogP contribution >= 0.6 is 0 Å². The number of halogens is 1. The number of pyridine rings is 1. The molecule has 16 heteroatoms. The maximum Gasteiger partial charge on any atom is 0.405 e. The fourth-order valence-corrected chi connectivity index (χ4v) is 8.82. The normalized spacial score (nSPS) is 30.2. The summed E-state index contributed by atoms with van der Waals surface area (Å²) >= 11 is 0. The highest BCUT2D eigenvalue weighted by Gasteiger charge is 2.63. The summed E-state index contributed by atoms with van der Waals surface area (Å²) in [5.74, 6) is -3.53. The molecule has 3 heterocycles. The SMILES string of the molecule is CC[C@@H]1C[C@H](C)CCC=C[C@@H]2C[C@@]2(C(=O)NS(=O)(=O)C2(C)CC2)NC(=O)[C@@H]2C[C@@H](Oc3nccc4cc(OC)c(F)cc34)CN2C(=O)[C@H]1NC(=O)O. The van der Waals surface area contributed by atoms with Gasteiger partial charge in [0.05, 0.1) is 18.4 Å². The number of rotatable bonds is 8. The van der Waals surface area contributed by atoms with Gasteiger partial charge in [-0.25, -0.2) is 22.6 Å². The number of carbonyl (C=O) groups is 4. The van der Waals surface area contributed by atoms with Gasteiger partial charge in [-0.15, -0.1) is 0 Å². The third kappa shape index (κ3) is 7.26. The molecule has 1 saturated heterocycles. The van der Waals surface area contributed by atoms with E-state index in [1.807, 2.05) is 26.0 Å². The molecule has 2 aliphatic heterocycles. The summed E-state index contributed by atoms with van der Waals surface area (Å²) in [6.07, 6.45) is 6.25. The summed E-state index contributed by atoms with van der Waals surface area (Å²) in [5.41, 5.74) is -1.58. The molecule has 1 aromatic carbocycles. The Balaban J connectivity index is 1.35. The van der Waals surface area contributed by atoms with Crippen LogP contribution in [0.4, 0.5) is 9.18 Å². The average molecular weight is 744 g/mol. The molecule has 0 radical (unpaired) electrons. The second kappa shape index (κ2) is 14.2. The molecule has 2 saturated carbocycles. The van der Waals surface area contributed by atoms with Gasteiger partial charge in [0.1, 0.15) is 23.7 Å². The Bertz CT molecular complexity index is 1900. The number of allylic oxidation sites excluding steroid dienone is 1. The van der Waals surface area contributed by atoms with Crippen molar-refractivity contribution in [2.45, 2.75) is 101 Å². The monoisotopic (exact) mass is 743 g/mol. The number of amides is 4. The Kier molecular flexibility index (Phi) is 10.2. The van der Waals surface area contributed by atoms with Gasteiger partial charge >= 0.3 is 6.09 Å². The minimum atomic E-state index is -4.03. The Morgan fingerprint density at radius 1 is 1.21 bits per heavy atom. The van der Waals surface area contributed by atoms with E-state index in [1.54, 1.807) is 13.0 Å². The van der Waals surface area contributed by atoms with Crippen molar-refractivity contribution in [2.75, 3.05) is 13.7 Å². The topological polar surface area (TPSA) is 193 Å². The van der Waals surface area contributed by atoms with Gasteiger partial charge in [0.15, 0.2) is 11.6 Å². The fourth-order valence-electron chi connectivity index (χ4n) is 7.50. The number of benzene rings is 1. The van der Waals surface area contributed by atoms with E-state index in [0.717, 1.165) is 6.42 Å². The molecule has 0 spiro atoms. The lowest BCUT2D eigenvalue weighted by molar-refractivity contribution is -0.142. The number of nitrogens with one attached hydrogen (secondary N) is 3. The van der Waals surface area contributed by atoms with Gasteiger partial charge in [-0.2, -0.15) is 0 Å². The Morgan fingerprint density at radius 3 is 2.63 bits per heavy atom. The standard InChI is InChI=1S/C36H46FN5O9S/c1-5-21-14-20(2)8-6-7-9-23-18-36(23,33(45)41-52(48,49)35(3)11-12-35)40-30(43)27-16-24(19-42(27)32(44)29(21)39-34(46)47)51-31-25-17-26(37)28(50-4)15-22(25)10-13-38-31/h7,9-10,13,15,17,20-21,23-24,27,29,39H,5-6,8,11-12,14,16,18-19H2,1-4H3,(H,40,43)(H,41,45)(H,46,47)/t20-,21-,23-,24-,27+,29+,36-/m1/s1. The highest BCUT2D eigenvalue weighted by atomic mass is 32.2. The van der Waals surface area contributed by atoms with E-state index >= 15 is 0 Å². The van der Waals surface area contributed by atoms with Crippen LogP contribution in [0.2, 0.25) is 0 Å². The second-order valence-electron chi connectivity index (χ2n) is 14.9. The minimum Gasteiger partial charge on any atom is -0.494 e. The van der Waals surface area contributed by atoms with Crippen LogP contribution in [0.25, 0.3) is 10.8 Å². The van der Waals surface area contributed by atoms with Crippen LogP contribution in [0.15, 0.2) is 36.5 Å². The van der Waals surface area contributed by atoms with E-state index in [0.29, 0.717) is 42.9 Å². The van der Waals surface area contributed by atoms with Crippen molar-refractivity contribution in [3.63, 3.8) is 0 Å². The molecule has 2 aromatic rings. The zero-order valence-electron chi connectivity index (χ0n) is 29.7. The van der Waals surface area contributed by atoms with Gasteiger partial charge in [0.25, 0.3) is 5.91 Å². The molecule has 2 aliphatic carbocycles. The lowest BCUT2D eigenvalue weighted by atomic mass is 9.85. The number of sulfonamides is 1. The molecule has 52 heavy (non-hydrogen) atoms. The maximum absolute atomic E-state index is 14.8. The van der Waals surface area contributed by atoms with E-state index < -0.39 is 80.0 Å².